The molecular formula is C18H11F2N3S. The number of hydrogen-bond acceptors (Lipinski definition) is 4. The van der Waals surface area contributed by atoms with Gasteiger partial charge in [0.05, 0.1) is 5.69 Å². The van der Waals surface area contributed by atoms with Crippen molar-refractivity contribution in [2.75, 3.05) is 5.32 Å². The van der Waals surface area contributed by atoms with E-state index in [-0.39, 0.29) is 11.6 Å². The van der Waals surface area contributed by atoms with E-state index >= 15 is 0 Å². The van der Waals surface area contributed by atoms with Crippen LogP contribution in [0.5, 0.6) is 0 Å². The van der Waals surface area contributed by atoms with Crippen molar-refractivity contribution in [2.45, 2.75) is 0 Å². The van der Waals surface area contributed by atoms with Gasteiger partial charge in [-0.15, -0.1) is 11.3 Å². The minimum Gasteiger partial charge on any atom is -0.360 e. The second-order valence-electron chi connectivity index (χ2n) is 4.87. The number of thiazole rings is 1. The van der Waals surface area contributed by atoms with Crippen LogP contribution in [0.2, 0.25) is 0 Å². The van der Waals surface area contributed by atoms with Gasteiger partial charge >= 0.3 is 0 Å². The molecule has 0 radical (unpaired) electrons. The first-order chi connectivity index (χ1) is 11.7. The monoisotopic (exact) mass is 339 g/mol. The smallest absolute Gasteiger partial charge is 0.136 e. The van der Waals surface area contributed by atoms with E-state index in [1.165, 1.54) is 41.8 Å². The highest BCUT2D eigenvalue weighted by Gasteiger charge is 2.09. The average molecular weight is 339 g/mol. The van der Waals surface area contributed by atoms with Crippen LogP contribution in [0.4, 0.5) is 14.5 Å². The molecule has 0 fully saturated rings. The molecule has 3 aromatic rings. The number of aromatic nitrogens is 1. The third-order valence-corrected chi connectivity index (χ3v) is 4.08. The van der Waals surface area contributed by atoms with E-state index in [0.717, 1.165) is 5.56 Å². The summed E-state index contributed by atoms with van der Waals surface area (Å²) in [6.07, 6.45) is 1.49. The minimum atomic E-state index is -0.361. The Morgan fingerprint density at radius 2 is 1.92 bits per heavy atom. The van der Waals surface area contributed by atoms with Gasteiger partial charge in [0.25, 0.3) is 0 Å². The normalized spacial score (nSPS) is 11.1. The molecule has 0 spiro atoms. The maximum absolute atomic E-state index is 13.2. The van der Waals surface area contributed by atoms with Crippen LogP contribution in [-0.4, -0.2) is 4.98 Å². The lowest BCUT2D eigenvalue weighted by molar-refractivity contribution is 0.628. The molecule has 0 aliphatic rings. The second kappa shape index (κ2) is 7.02. The summed E-state index contributed by atoms with van der Waals surface area (Å²) in [7, 11) is 0. The molecule has 0 aliphatic carbocycles. The highest BCUT2D eigenvalue weighted by atomic mass is 32.1. The Morgan fingerprint density at radius 1 is 1.12 bits per heavy atom. The SMILES string of the molecule is N#C/C(=C\Nc1cccc(F)c1)c1nc(-c2ccc(F)cc2)cs1. The predicted molar refractivity (Wildman–Crippen MR) is 91.1 cm³/mol. The first kappa shape index (κ1) is 15.8. The largest absolute Gasteiger partial charge is 0.360 e. The van der Waals surface area contributed by atoms with Gasteiger partial charge in [-0.1, -0.05) is 6.07 Å². The average Bonchev–Trinajstić information content (AvgIpc) is 3.06. The van der Waals surface area contributed by atoms with Gasteiger partial charge in [0, 0.05) is 22.8 Å². The molecular weight excluding hydrogens is 328 g/mol. The molecule has 24 heavy (non-hydrogen) atoms. The van der Waals surface area contributed by atoms with Crippen molar-refractivity contribution in [3.8, 4) is 17.3 Å². The zero-order valence-electron chi connectivity index (χ0n) is 12.3. The molecule has 0 atom stereocenters. The summed E-state index contributed by atoms with van der Waals surface area (Å²) >= 11 is 1.31. The van der Waals surface area contributed by atoms with Gasteiger partial charge in [0.1, 0.15) is 28.3 Å². The fourth-order valence-electron chi connectivity index (χ4n) is 2.03. The van der Waals surface area contributed by atoms with Crippen LogP contribution < -0.4 is 5.32 Å². The highest BCUT2D eigenvalue weighted by Crippen LogP contribution is 2.26. The molecule has 0 saturated heterocycles. The summed E-state index contributed by atoms with van der Waals surface area (Å²) in [6, 6.07) is 14.0. The topological polar surface area (TPSA) is 48.7 Å². The fourth-order valence-corrected chi connectivity index (χ4v) is 2.82. The number of hydrogen-bond donors (Lipinski definition) is 1. The number of allylic oxidation sites excluding steroid dienone is 1. The van der Waals surface area contributed by atoms with Crippen LogP contribution >= 0.6 is 11.3 Å². The van der Waals surface area contributed by atoms with E-state index in [2.05, 4.69) is 16.4 Å². The molecule has 1 N–H and O–H groups in total. The lowest BCUT2D eigenvalue weighted by Crippen LogP contribution is -1.91. The summed E-state index contributed by atoms with van der Waals surface area (Å²) < 4.78 is 26.1. The maximum Gasteiger partial charge on any atom is 0.136 e. The zero-order chi connectivity index (χ0) is 16.9. The molecule has 0 unspecified atom stereocenters. The zero-order valence-corrected chi connectivity index (χ0v) is 13.1. The van der Waals surface area contributed by atoms with E-state index in [1.54, 1.807) is 29.6 Å². The molecule has 6 heteroatoms. The summed E-state index contributed by atoms with van der Waals surface area (Å²) in [6.45, 7) is 0. The number of nitriles is 1. The third kappa shape index (κ3) is 3.65. The Labute approximate surface area is 141 Å². The third-order valence-electron chi connectivity index (χ3n) is 3.20. The van der Waals surface area contributed by atoms with Crippen molar-refractivity contribution in [1.82, 2.24) is 4.98 Å². The van der Waals surface area contributed by atoms with Crippen molar-refractivity contribution in [1.29, 1.82) is 5.26 Å². The number of anilines is 1. The summed E-state index contributed by atoms with van der Waals surface area (Å²) in [4.78, 5) is 4.40. The van der Waals surface area contributed by atoms with Gasteiger partial charge in [-0.25, -0.2) is 13.8 Å². The van der Waals surface area contributed by atoms with Gasteiger partial charge in [-0.3, -0.25) is 0 Å². The quantitative estimate of drug-likeness (QED) is 0.676. The molecule has 1 heterocycles. The molecule has 0 saturated carbocycles. The van der Waals surface area contributed by atoms with E-state index < -0.39 is 0 Å². The number of rotatable bonds is 4. The lowest BCUT2D eigenvalue weighted by Gasteiger charge is -2.01. The van der Waals surface area contributed by atoms with Crippen LogP contribution in [-0.2, 0) is 0 Å². The molecule has 118 valence electrons. The van der Waals surface area contributed by atoms with Crippen molar-refractivity contribution >= 4 is 22.6 Å². The van der Waals surface area contributed by atoms with Gasteiger partial charge in [-0.05, 0) is 42.5 Å². The Bertz CT molecular complexity index is 924. The van der Waals surface area contributed by atoms with Crippen molar-refractivity contribution < 1.29 is 8.78 Å². The minimum absolute atomic E-state index is 0.314. The van der Waals surface area contributed by atoms with Crippen LogP contribution in [0.15, 0.2) is 60.1 Å². The number of halogens is 2. The molecule has 3 nitrogen and oxygen atoms in total. The summed E-state index contributed by atoms with van der Waals surface area (Å²) in [5.74, 6) is -0.675. The Morgan fingerprint density at radius 3 is 2.62 bits per heavy atom. The number of benzene rings is 2. The molecule has 1 aromatic heterocycles. The first-order valence-corrected chi connectivity index (χ1v) is 7.88. The number of nitrogens with zero attached hydrogens (tertiary/aromatic N) is 2. The van der Waals surface area contributed by atoms with Crippen LogP contribution in [0.25, 0.3) is 16.8 Å². The summed E-state index contributed by atoms with van der Waals surface area (Å²) in [5.41, 5.74) is 2.31. The van der Waals surface area contributed by atoms with E-state index in [9.17, 15) is 14.0 Å². The Kier molecular flexibility index (Phi) is 4.64. The fraction of sp³-hybridized carbons (Fsp3) is 0. The van der Waals surface area contributed by atoms with Crippen LogP contribution in [0.3, 0.4) is 0 Å². The van der Waals surface area contributed by atoms with E-state index in [1.807, 2.05) is 0 Å². The molecule has 0 aliphatic heterocycles. The van der Waals surface area contributed by atoms with E-state index in [0.29, 0.717) is 22.0 Å². The van der Waals surface area contributed by atoms with Crippen molar-refractivity contribution in [2.24, 2.45) is 0 Å². The number of nitrogens with one attached hydrogen (secondary N) is 1. The van der Waals surface area contributed by atoms with Gasteiger partial charge in [-0.2, -0.15) is 5.26 Å². The standard InChI is InChI=1S/C18H11F2N3S/c19-14-6-4-12(5-7-14)17-11-24-18(23-17)13(9-21)10-22-16-3-1-2-15(20)8-16/h1-8,10-11,22H/b13-10+. The molecule has 3 rings (SSSR count). The lowest BCUT2D eigenvalue weighted by atomic mass is 10.2. The molecule has 0 amide bonds. The van der Waals surface area contributed by atoms with E-state index in [4.69, 9.17) is 0 Å². The first-order valence-electron chi connectivity index (χ1n) is 7.00. The van der Waals surface area contributed by atoms with Crippen LogP contribution in [0.1, 0.15) is 5.01 Å². The van der Waals surface area contributed by atoms with Gasteiger partial charge < -0.3 is 5.32 Å². The second-order valence-corrected chi connectivity index (χ2v) is 5.73. The van der Waals surface area contributed by atoms with Crippen molar-refractivity contribution in [3.05, 3.63) is 76.8 Å². The van der Waals surface area contributed by atoms with Gasteiger partial charge in [0.15, 0.2) is 0 Å². The van der Waals surface area contributed by atoms with Gasteiger partial charge in [0.2, 0.25) is 0 Å². The van der Waals surface area contributed by atoms with Crippen molar-refractivity contribution in [3.63, 3.8) is 0 Å². The maximum atomic E-state index is 13.2. The summed E-state index contributed by atoms with van der Waals surface area (Å²) in [5, 5.41) is 14.5. The Balaban J connectivity index is 1.82. The van der Waals surface area contributed by atoms with Crippen LogP contribution in [0, 0.1) is 23.0 Å². The highest BCUT2D eigenvalue weighted by molar-refractivity contribution is 7.11. The Hall–Kier alpha value is -3.04. The molecule has 2 aromatic carbocycles. The predicted octanol–water partition coefficient (Wildman–Crippen LogP) is 5.06. The molecule has 0 bridgehead atoms.